The molecule has 0 saturated heterocycles. The molecule has 3 nitrogen and oxygen atoms in total. The molecular formula is C11H17N3. The first-order valence-corrected chi connectivity index (χ1v) is 5.11. The van der Waals surface area contributed by atoms with Crippen LogP contribution in [0.4, 0.5) is 11.4 Å². The highest BCUT2D eigenvalue weighted by Crippen LogP contribution is 2.27. The lowest BCUT2D eigenvalue weighted by Crippen LogP contribution is -2.41. The van der Waals surface area contributed by atoms with Gasteiger partial charge >= 0.3 is 0 Å². The topological polar surface area (TPSA) is 41.3 Å². The van der Waals surface area contributed by atoms with Crippen LogP contribution >= 0.6 is 0 Å². The molecule has 3 N–H and O–H groups in total. The van der Waals surface area contributed by atoms with Gasteiger partial charge in [-0.2, -0.15) is 0 Å². The molecule has 1 heterocycles. The summed E-state index contributed by atoms with van der Waals surface area (Å²) >= 11 is 0. The molecule has 0 aliphatic carbocycles. The molecule has 1 aliphatic rings. The maximum Gasteiger partial charge on any atom is 0.0603 e. The van der Waals surface area contributed by atoms with E-state index in [-0.39, 0.29) is 6.04 Å². The van der Waals surface area contributed by atoms with E-state index in [1.54, 1.807) is 0 Å². The molecular weight excluding hydrogens is 174 g/mol. The van der Waals surface area contributed by atoms with Crippen molar-refractivity contribution < 1.29 is 0 Å². The van der Waals surface area contributed by atoms with E-state index in [2.05, 4.69) is 34.5 Å². The van der Waals surface area contributed by atoms with Crippen molar-refractivity contribution in [3.8, 4) is 0 Å². The van der Waals surface area contributed by atoms with Crippen molar-refractivity contribution in [1.29, 1.82) is 0 Å². The normalized spacial score (nSPS) is 17.1. The van der Waals surface area contributed by atoms with Gasteiger partial charge in [0, 0.05) is 25.7 Å². The summed E-state index contributed by atoms with van der Waals surface area (Å²) in [6, 6.07) is 8.61. The maximum atomic E-state index is 5.82. The average molecular weight is 191 g/mol. The van der Waals surface area contributed by atoms with Crippen LogP contribution < -0.4 is 16.0 Å². The Morgan fingerprint density at radius 1 is 1.50 bits per heavy atom. The van der Waals surface area contributed by atoms with Gasteiger partial charge in [0.05, 0.1) is 11.4 Å². The van der Waals surface area contributed by atoms with E-state index in [4.69, 9.17) is 5.73 Å². The minimum atomic E-state index is 0.223. The van der Waals surface area contributed by atoms with Crippen LogP contribution in [-0.2, 0) is 0 Å². The zero-order valence-corrected chi connectivity index (χ0v) is 8.53. The van der Waals surface area contributed by atoms with E-state index in [1.807, 2.05) is 6.92 Å². The molecule has 0 spiro atoms. The van der Waals surface area contributed by atoms with Crippen LogP contribution in [0.1, 0.15) is 6.92 Å². The molecule has 1 unspecified atom stereocenters. The summed E-state index contributed by atoms with van der Waals surface area (Å²) in [6.45, 7) is 5.02. The second kappa shape index (κ2) is 3.88. The molecule has 0 saturated carbocycles. The van der Waals surface area contributed by atoms with Gasteiger partial charge in [0.15, 0.2) is 0 Å². The monoisotopic (exact) mass is 191 g/mol. The van der Waals surface area contributed by atoms with Gasteiger partial charge in [-0.05, 0) is 19.1 Å². The van der Waals surface area contributed by atoms with Crippen molar-refractivity contribution in [1.82, 2.24) is 0 Å². The summed E-state index contributed by atoms with van der Waals surface area (Å²) < 4.78 is 0. The van der Waals surface area contributed by atoms with Crippen LogP contribution in [0, 0.1) is 0 Å². The number of nitrogens with two attached hydrogens (primary N) is 1. The zero-order valence-electron chi connectivity index (χ0n) is 8.53. The molecule has 3 heteroatoms. The van der Waals surface area contributed by atoms with Gasteiger partial charge in [0.2, 0.25) is 0 Å². The van der Waals surface area contributed by atoms with Crippen molar-refractivity contribution in [2.75, 3.05) is 29.9 Å². The Hall–Kier alpha value is -1.22. The van der Waals surface area contributed by atoms with E-state index in [0.29, 0.717) is 0 Å². The largest absolute Gasteiger partial charge is 0.382 e. The smallest absolute Gasteiger partial charge is 0.0603 e. The van der Waals surface area contributed by atoms with Gasteiger partial charge in [-0.15, -0.1) is 0 Å². The van der Waals surface area contributed by atoms with Crippen LogP contribution in [0.25, 0.3) is 0 Å². The van der Waals surface area contributed by atoms with E-state index in [0.717, 1.165) is 19.6 Å². The van der Waals surface area contributed by atoms with Crippen molar-refractivity contribution in [2.24, 2.45) is 5.73 Å². The van der Waals surface area contributed by atoms with Crippen molar-refractivity contribution in [3.05, 3.63) is 24.3 Å². The molecule has 0 bridgehead atoms. The number of anilines is 2. The van der Waals surface area contributed by atoms with Crippen LogP contribution in [0.5, 0.6) is 0 Å². The van der Waals surface area contributed by atoms with Gasteiger partial charge in [-0.1, -0.05) is 12.1 Å². The number of hydrogen-bond donors (Lipinski definition) is 2. The van der Waals surface area contributed by atoms with E-state index < -0.39 is 0 Å². The first-order chi connectivity index (χ1) is 6.77. The van der Waals surface area contributed by atoms with Crippen molar-refractivity contribution >= 4 is 11.4 Å². The van der Waals surface area contributed by atoms with E-state index in [1.165, 1.54) is 11.4 Å². The summed E-state index contributed by atoms with van der Waals surface area (Å²) in [7, 11) is 0. The number of rotatable bonds is 2. The molecule has 0 fully saturated rings. The Labute approximate surface area is 84.9 Å². The molecule has 1 aromatic carbocycles. The highest BCUT2D eigenvalue weighted by atomic mass is 15.2. The summed E-state index contributed by atoms with van der Waals surface area (Å²) in [4.78, 5) is 2.34. The lowest BCUT2D eigenvalue weighted by molar-refractivity contribution is 0.675. The average Bonchev–Trinajstić information content (AvgIpc) is 2.18. The van der Waals surface area contributed by atoms with Gasteiger partial charge in [-0.25, -0.2) is 0 Å². The van der Waals surface area contributed by atoms with Crippen LogP contribution in [0.15, 0.2) is 24.3 Å². The molecule has 14 heavy (non-hydrogen) atoms. The van der Waals surface area contributed by atoms with Gasteiger partial charge in [0.1, 0.15) is 0 Å². The van der Waals surface area contributed by atoms with Crippen molar-refractivity contribution in [3.63, 3.8) is 0 Å². The number of hydrogen-bond acceptors (Lipinski definition) is 3. The Morgan fingerprint density at radius 2 is 2.29 bits per heavy atom. The summed E-state index contributed by atoms with van der Waals surface area (Å²) in [5.74, 6) is 0. The fraction of sp³-hybridized carbons (Fsp3) is 0.455. The number of fused-ring (bicyclic) bond motifs is 1. The number of nitrogens with one attached hydrogen (secondary N) is 1. The quantitative estimate of drug-likeness (QED) is 0.739. The second-order valence-corrected chi connectivity index (χ2v) is 3.87. The molecule has 0 aromatic heterocycles. The predicted molar refractivity (Wildman–Crippen MR) is 60.8 cm³/mol. The minimum Gasteiger partial charge on any atom is -0.382 e. The molecule has 1 aromatic rings. The van der Waals surface area contributed by atoms with Crippen LogP contribution in [0.2, 0.25) is 0 Å². The first kappa shape index (κ1) is 9.34. The van der Waals surface area contributed by atoms with Gasteiger partial charge in [0.25, 0.3) is 0 Å². The third kappa shape index (κ3) is 1.82. The summed E-state index contributed by atoms with van der Waals surface area (Å²) in [5.41, 5.74) is 8.31. The number of benzene rings is 1. The molecule has 2 rings (SSSR count). The standard InChI is InChI=1S/C11H17N3/c1-9(12)8-14-7-6-13-10-4-2-3-5-11(10)14/h2-5,9,13H,6-8,12H2,1H3. The van der Waals surface area contributed by atoms with Crippen LogP contribution in [-0.4, -0.2) is 25.7 Å². The minimum absolute atomic E-state index is 0.223. The fourth-order valence-corrected chi connectivity index (χ4v) is 1.88. The lowest BCUT2D eigenvalue weighted by Gasteiger charge is -2.33. The second-order valence-electron chi connectivity index (χ2n) is 3.87. The number of nitrogens with zero attached hydrogens (tertiary/aromatic N) is 1. The SMILES string of the molecule is CC(N)CN1CCNc2ccccc21. The third-order valence-electron chi connectivity index (χ3n) is 2.45. The summed E-state index contributed by atoms with van der Waals surface area (Å²) in [5, 5.41) is 3.38. The molecule has 1 atom stereocenters. The highest BCUT2D eigenvalue weighted by Gasteiger charge is 2.15. The lowest BCUT2D eigenvalue weighted by atomic mass is 10.2. The zero-order chi connectivity index (χ0) is 9.97. The third-order valence-corrected chi connectivity index (χ3v) is 2.45. The first-order valence-electron chi connectivity index (χ1n) is 5.11. The molecule has 1 aliphatic heterocycles. The molecule has 0 radical (unpaired) electrons. The Morgan fingerprint density at radius 3 is 3.07 bits per heavy atom. The van der Waals surface area contributed by atoms with Gasteiger partial charge < -0.3 is 16.0 Å². The summed E-state index contributed by atoms with van der Waals surface area (Å²) in [6.07, 6.45) is 0. The number of para-hydroxylation sites is 2. The molecule has 76 valence electrons. The predicted octanol–water partition coefficient (Wildman–Crippen LogP) is 1.27. The van der Waals surface area contributed by atoms with Gasteiger partial charge in [-0.3, -0.25) is 0 Å². The Bertz CT molecular complexity index is 309. The maximum absolute atomic E-state index is 5.82. The highest BCUT2D eigenvalue weighted by molar-refractivity contribution is 5.71. The van der Waals surface area contributed by atoms with E-state index >= 15 is 0 Å². The van der Waals surface area contributed by atoms with E-state index in [9.17, 15) is 0 Å². The fourth-order valence-electron chi connectivity index (χ4n) is 1.88. The van der Waals surface area contributed by atoms with Crippen molar-refractivity contribution in [2.45, 2.75) is 13.0 Å². The van der Waals surface area contributed by atoms with Crippen LogP contribution in [0.3, 0.4) is 0 Å². The Balaban J connectivity index is 2.22. The Kier molecular flexibility index (Phi) is 2.59. The molecule has 0 amide bonds.